The van der Waals surface area contributed by atoms with Crippen LogP contribution in [0.3, 0.4) is 0 Å². The summed E-state index contributed by atoms with van der Waals surface area (Å²) in [6.45, 7) is 0.182. The Morgan fingerprint density at radius 2 is 1.62 bits per heavy atom. The zero-order valence-corrected chi connectivity index (χ0v) is 14.4. The van der Waals surface area contributed by atoms with Crippen molar-refractivity contribution in [1.82, 2.24) is 0 Å². The average Bonchev–Trinajstić information content (AvgIpc) is 3.11. The van der Waals surface area contributed by atoms with E-state index < -0.39 is 0 Å². The Balaban J connectivity index is 1.43. The van der Waals surface area contributed by atoms with Gasteiger partial charge in [0.15, 0.2) is 11.5 Å². The van der Waals surface area contributed by atoms with Crippen molar-refractivity contribution in [1.29, 1.82) is 0 Å². The van der Waals surface area contributed by atoms with Crippen LogP contribution in [0.5, 0.6) is 11.5 Å². The minimum Gasteiger partial charge on any atom is -0.454 e. The van der Waals surface area contributed by atoms with Gasteiger partial charge >= 0.3 is 0 Å². The number of hydrogen-bond donors (Lipinski definition) is 2. The van der Waals surface area contributed by atoms with Crippen molar-refractivity contribution < 1.29 is 14.3 Å². The molecule has 0 saturated carbocycles. The van der Waals surface area contributed by atoms with E-state index in [-0.39, 0.29) is 12.7 Å². The summed E-state index contributed by atoms with van der Waals surface area (Å²) in [7, 11) is 0. The monoisotopic (exact) mass is 366 g/mol. The molecule has 6 heteroatoms. The first-order valence-corrected chi connectivity index (χ1v) is 8.39. The highest BCUT2D eigenvalue weighted by Gasteiger charge is 2.16. The fourth-order valence-corrected chi connectivity index (χ4v) is 2.80. The topological polar surface area (TPSA) is 59.6 Å². The SMILES string of the molecule is O=C(Nc1ccc(Nc2cccc(Cl)c2)cc1)c1ccc2c(c1)OCO2. The number of fused-ring (bicyclic) bond motifs is 1. The Hall–Kier alpha value is -3.18. The maximum absolute atomic E-state index is 12.4. The molecular formula is C20H15ClN2O3. The highest BCUT2D eigenvalue weighted by Crippen LogP contribution is 2.32. The van der Waals surface area contributed by atoms with E-state index in [4.69, 9.17) is 21.1 Å². The molecule has 3 aromatic carbocycles. The fraction of sp³-hybridized carbons (Fsp3) is 0.0500. The summed E-state index contributed by atoms with van der Waals surface area (Å²) >= 11 is 5.98. The molecule has 0 spiro atoms. The molecule has 3 aromatic rings. The summed E-state index contributed by atoms with van der Waals surface area (Å²) in [5, 5.41) is 6.79. The number of nitrogens with one attached hydrogen (secondary N) is 2. The van der Waals surface area contributed by atoms with Crippen molar-refractivity contribution in [3.8, 4) is 11.5 Å². The molecule has 0 bridgehead atoms. The molecule has 1 heterocycles. The molecule has 0 unspecified atom stereocenters. The number of carbonyl (C=O) groups is 1. The van der Waals surface area contributed by atoms with Crippen LogP contribution in [0.1, 0.15) is 10.4 Å². The van der Waals surface area contributed by atoms with Crippen LogP contribution < -0.4 is 20.1 Å². The second kappa shape index (κ2) is 6.98. The number of anilines is 3. The number of halogens is 1. The van der Waals surface area contributed by atoms with Crippen LogP contribution >= 0.6 is 11.6 Å². The maximum Gasteiger partial charge on any atom is 0.255 e. The van der Waals surface area contributed by atoms with Gasteiger partial charge in [0, 0.05) is 27.6 Å². The second-order valence-electron chi connectivity index (χ2n) is 5.73. The minimum absolute atomic E-state index is 0.182. The van der Waals surface area contributed by atoms with E-state index in [1.807, 2.05) is 48.5 Å². The van der Waals surface area contributed by atoms with Crippen molar-refractivity contribution in [2.24, 2.45) is 0 Å². The van der Waals surface area contributed by atoms with Gasteiger partial charge in [-0.25, -0.2) is 0 Å². The van der Waals surface area contributed by atoms with E-state index in [1.54, 1.807) is 18.2 Å². The molecule has 0 saturated heterocycles. The summed E-state index contributed by atoms with van der Waals surface area (Å²) in [6, 6.07) is 20.0. The molecule has 0 aromatic heterocycles. The highest BCUT2D eigenvalue weighted by molar-refractivity contribution is 6.30. The molecule has 0 radical (unpaired) electrons. The second-order valence-corrected chi connectivity index (χ2v) is 6.17. The van der Waals surface area contributed by atoms with Crippen LogP contribution in [0, 0.1) is 0 Å². The first-order chi connectivity index (χ1) is 12.7. The maximum atomic E-state index is 12.4. The van der Waals surface area contributed by atoms with E-state index in [1.165, 1.54) is 0 Å². The number of hydrogen-bond acceptors (Lipinski definition) is 4. The van der Waals surface area contributed by atoms with Crippen molar-refractivity contribution in [2.45, 2.75) is 0 Å². The zero-order chi connectivity index (χ0) is 17.9. The normalized spacial score (nSPS) is 11.9. The van der Waals surface area contributed by atoms with Crippen LogP contribution in [0.25, 0.3) is 0 Å². The van der Waals surface area contributed by atoms with E-state index >= 15 is 0 Å². The number of rotatable bonds is 4. The number of benzene rings is 3. The van der Waals surface area contributed by atoms with Gasteiger partial charge in [0.2, 0.25) is 6.79 Å². The average molecular weight is 367 g/mol. The third-order valence-electron chi connectivity index (χ3n) is 3.89. The van der Waals surface area contributed by atoms with Crippen LogP contribution in [0.4, 0.5) is 17.1 Å². The Morgan fingerprint density at radius 3 is 2.42 bits per heavy atom. The summed E-state index contributed by atoms with van der Waals surface area (Å²) < 4.78 is 10.6. The van der Waals surface area contributed by atoms with Gasteiger partial charge in [-0.05, 0) is 60.7 Å². The van der Waals surface area contributed by atoms with Gasteiger partial charge in [-0.1, -0.05) is 17.7 Å². The molecule has 0 atom stereocenters. The Morgan fingerprint density at radius 1 is 0.846 bits per heavy atom. The molecule has 1 aliphatic heterocycles. The standard InChI is InChI=1S/C20H15ClN2O3/c21-14-2-1-3-17(11-14)22-15-5-7-16(8-6-15)23-20(24)13-4-9-18-19(10-13)26-12-25-18/h1-11,22H,12H2,(H,23,24). The predicted molar refractivity (Wildman–Crippen MR) is 102 cm³/mol. The molecular weight excluding hydrogens is 352 g/mol. The molecule has 0 aliphatic carbocycles. The van der Waals surface area contributed by atoms with Crippen LogP contribution in [-0.2, 0) is 0 Å². The largest absolute Gasteiger partial charge is 0.454 e. The molecule has 1 amide bonds. The minimum atomic E-state index is -0.209. The third kappa shape index (κ3) is 3.58. The highest BCUT2D eigenvalue weighted by atomic mass is 35.5. The third-order valence-corrected chi connectivity index (χ3v) is 4.13. The van der Waals surface area contributed by atoms with Gasteiger partial charge in [-0.2, -0.15) is 0 Å². The smallest absolute Gasteiger partial charge is 0.255 e. The lowest BCUT2D eigenvalue weighted by Crippen LogP contribution is -2.11. The van der Waals surface area contributed by atoms with Gasteiger partial charge in [0.25, 0.3) is 5.91 Å². The van der Waals surface area contributed by atoms with Crippen LogP contribution in [0.15, 0.2) is 66.7 Å². The number of carbonyl (C=O) groups excluding carboxylic acids is 1. The van der Waals surface area contributed by atoms with Crippen LogP contribution in [-0.4, -0.2) is 12.7 Å². The van der Waals surface area contributed by atoms with Gasteiger partial charge in [0.1, 0.15) is 0 Å². The Bertz CT molecular complexity index is 958. The van der Waals surface area contributed by atoms with Crippen molar-refractivity contribution >= 4 is 34.6 Å². The molecule has 5 nitrogen and oxygen atoms in total. The van der Waals surface area contributed by atoms with E-state index in [0.717, 1.165) is 11.4 Å². The van der Waals surface area contributed by atoms with Crippen molar-refractivity contribution in [3.05, 3.63) is 77.3 Å². The summed E-state index contributed by atoms with van der Waals surface area (Å²) in [4.78, 5) is 12.4. The Labute approximate surface area is 155 Å². The number of ether oxygens (including phenoxy) is 2. The lowest BCUT2D eigenvalue weighted by atomic mass is 10.2. The van der Waals surface area contributed by atoms with Gasteiger partial charge in [-0.15, -0.1) is 0 Å². The first-order valence-electron chi connectivity index (χ1n) is 8.01. The van der Waals surface area contributed by atoms with Gasteiger partial charge in [-0.3, -0.25) is 4.79 Å². The van der Waals surface area contributed by atoms with E-state index in [0.29, 0.717) is 27.8 Å². The molecule has 2 N–H and O–H groups in total. The lowest BCUT2D eigenvalue weighted by Gasteiger charge is -2.09. The summed E-state index contributed by atoms with van der Waals surface area (Å²) in [5.41, 5.74) is 3.00. The first kappa shape index (κ1) is 16.3. The van der Waals surface area contributed by atoms with Crippen molar-refractivity contribution in [2.75, 3.05) is 17.4 Å². The molecule has 1 aliphatic rings. The van der Waals surface area contributed by atoms with Gasteiger partial charge in [0.05, 0.1) is 0 Å². The summed E-state index contributed by atoms with van der Waals surface area (Å²) in [6.07, 6.45) is 0. The molecule has 130 valence electrons. The van der Waals surface area contributed by atoms with E-state index in [2.05, 4.69) is 10.6 Å². The number of amides is 1. The predicted octanol–water partition coefficient (Wildman–Crippen LogP) is 5.06. The lowest BCUT2D eigenvalue weighted by molar-refractivity contribution is 0.102. The quantitative estimate of drug-likeness (QED) is 0.677. The fourth-order valence-electron chi connectivity index (χ4n) is 2.61. The zero-order valence-electron chi connectivity index (χ0n) is 13.7. The van der Waals surface area contributed by atoms with Gasteiger partial charge < -0.3 is 20.1 Å². The van der Waals surface area contributed by atoms with Crippen LogP contribution in [0.2, 0.25) is 5.02 Å². The molecule has 26 heavy (non-hydrogen) atoms. The Kier molecular flexibility index (Phi) is 4.37. The molecule has 4 rings (SSSR count). The van der Waals surface area contributed by atoms with E-state index in [9.17, 15) is 4.79 Å². The molecule has 0 fully saturated rings. The summed E-state index contributed by atoms with van der Waals surface area (Å²) in [5.74, 6) is 1.02. The van der Waals surface area contributed by atoms with Crippen molar-refractivity contribution in [3.63, 3.8) is 0 Å².